The van der Waals surface area contributed by atoms with Gasteiger partial charge in [0.05, 0.1) is 5.56 Å². The first-order valence-corrected chi connectivity index (χ1v) is 9.86. The molecule has 138 valence electrons. The van der Waals surface area contributed by atoms with E-state index in [0.29, 0.717) is 17.3 Å². The Bertz CT molecular complexity index is 772. The van der Waals surface area contributed by atoms with Crippen molar-refractivity contribution >= 4 is 0 Å². The van der Waals surface area contributed by atoms with Gasteiger partial charge in [-0.1, -0.05) is 43.4 Å². The van der Waals surface area contributed by atoms with Gasteiger partial charge in [-0.05, 0) is 78.9 Å². The number of benzene rings is 1. The van der Waals surface area contributed by atoms with Crippen molar-refractivity contribution in [2.75, 3.05) is 0 Å². The second-order valence-electron chi connectivity index (χ2n) is 9.25. The average Bonchev–Trinajstić information content (AvgIpc) is 3.33. The molecule has 2 fully saturated rings. The summed E-state index contributed by atoms with van der Waals surface area (Å²) < 4.78 is 38.3. The van der Waals surface area contributed by atoms with Gasteiger partial charge in [-0.3, -0.25) is 0 Å². The van der Waals surface area contributed by atoms with Crippen molar-refractivity contribution in [3.8, 4) is 0 Å². The summed E-state index contributed by atoms with van der Waals surface area (Å²) in [7, 11) is 0. The lowest BCUT2D eigenvalue weighted by Crippen LogP contribution is -2.39. The van der Waals surface area contributed by atoms with Gasteiger partial charge in [-0.2, -0.15) is 13.2 Å². The first-order chi connectivity index (χ1) is 12.3. The van der Waals surface area contributed by atoms with Crippen LogP contribution in [0, 0.1) is 34.5 Å². The largest absolute Gasteiger partial charge is 0.416 e. The van der Waals surface area contributed by atoms with E-state index in [1.807, 2.05) is 0 Å². The highest BCUT2D eigenvalue weighted by molar-refractivity contribution is 5.34. The van der Waals surface area contributed by atoms with Crippen molar-refractivity contribution in [3.05, 3.63) is 59.7 Å². The van der Waals surface area contributed by atoms with Gasteiger partial charge < -0.3 is 0 Å². The second-order valence-corrected chi connectivity index (χ2v) is 9.25. The molecule has 4 bridgehead atoms. The molecule has 0 radical (unpaired) electrons. The number of alkyl halides is 3. The number of halogens is 3. The summed E-state index contributed by atoms with van der Waals surface area (Å²) in [6, 6.07) is 5.81. The smallest absolute Gasteiger partial charge is 0.166 e. The Balaban J connectivity index is 1.36. The number of hydrogen-bond acceptors (Lipinski definition) is 0. The van der Waals surface area contributed by atoms with Crippen LogP contribution in [0.2, 0.25) is 0 Å². The minimum atomic E-state index is -4.25. The lowest BCUT2D eigenvalue weighted by Gasteiger charge is -2.45. The molecule has 6 unspecified atom stereocenters. The molecule has 4 aliphatic rings. The molecular weight excluding hydrogens is 333 g/mol. The van der Waals surface area contributed by atoms with Crippen LogP contribution >= 0.6 is 0 Å². The third-order valence-corrected chi connectivity index (χ3v) is 8.00. The van der Waals surface area contributed by atoms with E-state index in [4.69, 9.17) is 0 Å². The summed E-state index contributed by atoms with van der Waals surface area (Å²) in [5.74, 6) is 2.66. The monoisotopic (exact) mass is 358 g/mol. The summed E-state index contributed by atoms with van der Waals surface area (Å²) in [6.07, 6.45) is 11.6. The molecule has 1 aromatic carbocycles. The summed E-state index contributed by atoms with van der Waals surface area (Å²) >= 11 is 0. The normalized spacial score (nSPS) is 42.9. The SMILES string of the molecule is CC1CC2C=CC1(C13C=CC(C1)C(Cc1ccc(C(F)(F)F)cc1)C3)C2. The molecular formula is C23H25F3. The quantitative estimate of drug-likeness (QED) is 0.546. The highest BCUT2D eigenvalue weighted by atomic mass is 19.4. The van der Waals surface area contributed by atoms with Crippen molar-refractivity contribution in [3.63, 3.8) is 0 Å². The molecule has 6 atom stereocenters. The fraction of sp³-hybridized carbons (Fsp3) is 0.565. The van der Waals surface area contributed by atoms with Crippen molar-refractivity contribution < 1.29 is 13.2 Å². The molecule has 0 heterocycles. The van der Waals surface area contributed by atoms with Crippen LogP contribution in [0.25, 0.3) is 0 Å². The predicted molar refractivity (Wildman–Crippen MR) is 96.4 cm³/mol. The highest BCUT2D eigenvalue weighted by Gasteiger charge is 2.62. The molecule has 26 heavy (non-hydrogen) atoms. The van der Waals surface area contributed by atoms with Gasteiger partial charge in [-0.25, -0.2) is 0 Å². The highest BCUT2D eigenvalue weighted by Crippen LogP contribution is 2.71. The molecule has 0 nitrogen and oxygen atoms in total. The van der Waals surface area contributed by atoms with Gasteiger partial charge in [0.1, 0.15) is 0 Å². The molecule has 2 saturated carbocycles. The third-order valence-electron chi connectivity index (χ3n) is 8.00. The van der Waals surface area contributed by atoms with Gasteiger partial charge in [0.2, 0.25) is 0 Å². The topological polar surface area (TPSA) is 0 Å². The molecule has 0 saturated heterocycles. The lowest BCUT2D eigenvalue weighted by molar-refractivity contribution is -0.137. The van der Waals surface area contributed by atoms with Gasteiger partial charge in [-0.15, -0.1) is 0 Å². The molecule has 0 aromatic heterocycles. The Hall–Kier alpha value is -1.51. The van der Waals surface area contributed by atoms with E-state index in [1.165, 1.54) is 37.8 Å². The zero-order valence-electron chi connectivity index (χ0n) is 15.1. The van der Waals surface area contributed by atoms with Crippen molar-refractivity contribution in [1.29, 1.82) is 0 Å². The van der Waals surface area contributed by atoms with Crippen LogP contribution in [0.15, 0.2) is 48.6 Å². The number of hydrogen-bond donors (Lipinski definition) is 0. The summed E-state index contributed by atoms with van der Waals surface area (Å²) in [5.41, 5.74) is 1.11. The minimum Gasteiger partial charge on any atom is -0.166 e. The third kappa shape index (κ3) is 2.21. The molecule has 3 heteroatoms. The van der Waals surface area contributed by atoms with Crippen LogP contribution in [-0.4, -0.2) is 0 Å². The Morgan fingerprint density at radius 2 is 1.77 bits per heavy atom. The molecule has 1 aromatic rings. The van der Waals surface area contributed by atoms with E-state index < -0.39 is 11.7 Å². The van der Waals surface area contributed by atoms with Crippen LogP contribution in [0.4, 0.5) is 13.2 Å². The molecule has 0 N–H and O–H groups in total. The van der Waals surface area contributed by atoms with E-state index in [0.717, 1.165) is 23.8 Å². The van der Waals surface area contributed by atoms with E-state index in [2.05, 4.69) is 31.2 Å². The van der Waals surface area contributed by atoms with E-state index >= 15 is 0 Å². The molecule has 0 aliphatic heterocycles. The van der Waals surface area contributed by atoms with Gasteiger partial charge in [0, 0.05) is 5.41 Å². The Morgan fingerprint density at radius 1 is 1.00 bits per heavy atom. The standard InChI is InChI=1S/C23H25F3/c1-15-10-17-6-9-22(15,12-17)21-8-7-18(13-21)19(14-21)11-16-2-4-20(5-3-16)23(24,25)26/h2-9,15,17-19H,10-14H2,1H3. The van der Waals surface area contributed by atoms with Gasteiger partial charge >= 0.3 is 6.18 Å². The van der Waals surface area contributed by atoms with Crippen LogP contribution in [0.5, 0.6) is 0 Å². The predicted octanol–water partition coefficient (Wildman–Crippen LogP) is 6.43. The van der Waals surface area contributed by atoms with Crippen molar-refractivity contribution in [2.45, 2.75) is 45.2 Å². The molecule has 0 amide bonds. The summed E-state index contributed by atoms with van der Waals surface area (Å²) in [4.78, 5) is 0. The van der Waals surface area contributed by atoms with Crippen LogP contribution in [-0.2, 0) is 12.6 Å². The van der Waals surface area contributed by atoms with E-state index in [-0.39, 0.29) is 5.41 Å². The maximum absolute atomic E-state index is 12.8. The fourth-order valence-corrected chi connectivity index (χ4v) is 6.78. The fourth-order valence-electron chi connectivity index (χ4n) is 6.78. The van der Waals surface area contributed by atoms with Crippen LogP contribution in [0.1, 0.15) is 43.7 Å². The lowest BCUT2D eigenvalue weighted by atomic mass is 9.58. The van der Waals surface area contributed by atoms with Gasteiger partial charge in [0.25, 0.3) is 0 Å². The first-order valence-electron chi connectivity index (χ1n) is 9.86. The van der Waals surface area contributed by atoms with Gasteiger partial charge in [0.15, 0.2) is 0 Å². The maximum atomic E-state index is 12.8. The first kappa shape index (κ1) is 16.6. The molecule has 5 rings (SSSR count). The Labute approximate surface area is 153 Å². The van der Waals surface area contributed by atoms with E-state index in [9.17, 15) is 13.2 Å². The molecule has 4 aliphatic carbocycles. The van der Waals surface area contributed by atoms with Crippen molar-refractivity contribution in [1.82, 2.24) is 0 Å². The van der Waals surface area contributed by atoms with E-state index in [1.54, 1.807) is 12.1 Å². The number of allylic oxidation sites excluding steroid dienone is 4. The Morgan fingerprint density at radius 3 is 2.38 bits per heavy atom. The zero-order chi connectivity index (χ0) is 18.2. The average molecular weight is 358 g/mol. The Kier molecular flexibility index (Phi) is 3.37. The summed E-state index contributed by atoms with van der Waals surface area (Å²) in [6.45, 7) is 2.42. The van der Waals surface area contributed by atoms with Crippen molar-refractivity contribution in [2.24, 2.45) is 34.5 Å². The minimum absolute atomic E-state index is 0.287. The van der Waals surface area contributed by atoms with Crippen LogP contribution in [0.3, 0.4) is 0 Å². The summed E-state index contributed by atoms with van der Waals surface area (Å²) in [5, 5.41) is 0. The number of rotatable bonds is 3. The zero-order valence-corrected chi connectivity index (χ0v) is 15.1. The van der Waals surface area contributed by atoms with Crippen LogP contribution < -0.4 is 0 Å². The molecule has 0 spiro atoms. The number of fused-ring (bicyclic) bond motifs is 5. The maximum Gasteiger partial charge on any atom is 0.416 e. The second kappa shape index (κ2) is 5.27.